The molecule has 4 saturated heterocycles. The first kappa shape index (κ1) is 67.0. The number of carbonyl (C=O) groups excluding carboxylic acids is 3. The maximum Gasteiger partial charge on any atom is 0.308 e. The third-order valence-corrected chi connectivity index (χ3v) is 16.3. The summed E-state index contributed by atoms with van der Waals surface area (Å²) in [4.78, 5) is 54.3. The Morgan fingerprint density at radius 2 is 0.962 bits per heavy atom. The predicted octanol–water partition coefficient (Wildman–Crippen LogP) is 12.7. The van der Waals surface area contributed by atoms with Crippen LogP contribution in [0.3, 0.4) is 0 Å². The molecule has 4 aromatic rings. The van der Waals surface area contributed by atoms with E-state index in [0.29, 0.717) is 55.8 Å². The predicted molar refractivity (Wildman–Crippen MR) is 311 cm³/mol. The van der Waals surface area contributed by atoms with Gasteiger partial charge in [-0.15, -0.1) is 24.8 Å². The number of amides is 3. The number of piperidine rings is 2. The maximum atomic E-state index is 14.8. The van der Waals surface area contributed by atoms with Crippen molar-refractivity contribution in [1.82, 2.24) is 30.7 Å². The van der Waals surface area contributed by atoms with Crippen LogP contribution >= 0.6 is 48.0 Å². The van der Waals surface area contributed by atoms with Crippen LogP contribution < -0.4 is 16.0 Å². The Morgan fingerprint density at radius 1 is 0.582 bits per heavy atom. The van der Waals surface area contributed by atoms with Crippen molar-refractivity contribution in [3.8, 4) is 0 Å². The van der Waals surface area contributed by atoms with Gasteiger partial charge < -0.3 is 26.0 Å². The summed E-state index contributed by atoms with van der Waals surface area (Å²) in [6, 6.07) is 18.7. The Bertz CT molecular complexity index is 2730. The molecule has 4 fully saturated rings. The highest BCUT2D eigenvalue weighted by Gasteiger charge is 2.46. The molecule has 4 N–H and O–H groups in total. The van der Waals surface area contributed by atoms with Crippen LogP contribution in [0.2, 0.25) is 10.0 Å². The number of nitrogens with one attached hydrogen (secondary N) is 3. The summed E-state index contributed by atoms with van der Waals surface area (Å²) in [6.45, 7) is 24.5. The zero-order chi connectivity index (χ0) is 56.7. The summed E-state index contributed by atoms with van der Waals surface area (Å²) in [5, 5.41) is 20.0. The van der Waals surface area contributed by atoms with E-state index >= 15 is 0 Å². The lowest BCUT2D eigenvalue weighted by Crippen LogP contribution is -2.44. The Labute approximate surface area is 487 Å². The van der Waals surface area contributed by atoms with E-state index in [1.165, 1.54) is 36.8 Å². The highest BCUT2D eigenvalue weighted by Crippen LogP contribution is 2.42. The number of carbonyl (C=O) groups is 4. The molecule has 4 aliphatic rings. The van der Waals surface area contributed by atoms with E-state index in [1.54, 1.807) is 6.92 Å². The van der Waals surface area contributed by atoms with E-state index in [4.69, 9.17) is 23.2 Å². The molecule has 0 bridgehead atoms. The molecule has 0 saturated carbocycles. The molecule has 4 aliphatic heterocycles. The first-order valence-electron chi connectivity index (χ1n) is 26.9. The van der Waals surface area contributed by atoms with Gasteiger partial charge in [-0.05, 0) is 176 Å². The lowest BCUT2D eigenvalue weighted by atomic mass is 9.83. The van der Waals surface area contributed by atoms with Crippen LogP contribution in [0.1, 0.15) is 164 Å². The van der Waals surface area contributed by atoms with Crippen LogP contribution in [0, 0.1) is 35.1 Å². The van der Waals surface area contributed by atoms with Gasteiger partial charge in [0, 0.05) is 98.2 Å². The van der Waals surface area contributed by atoms with Crippen LogP contribution in [-0.4, -0.2) is 107 Å². The molecule has 11 nitrogen and oxygen atoms in total. The summed E-state index contributed by atoms with van der Waals surface area (Å²) < 4.78 is 55.4. The fraction of sp³-hybridized carbons (Fsp3) is 0.533. The van der Waals surface area contributed by atoms with Gasteiger partial charge in [0.05, 0.1) is 23.9 Å². The van der Waals surface area contributed by atoms with Gasteiger partial charge in [0.25, 0.3) is 0 Å². The van der Waals surface area contributed by atoms with Crippen molar-refractivity contribution in [2.45, 2.75) is 142 Å². The zero-order valence-electron chi connectivity index (χ0n) is 47.0. The Balaban J connectivity index is 0.000000277. The maximum absolute atomic E-state index is 14.8. The van der Waals surface area contributed by atoms with Crippen molar-refractivity contribution < 1.29 is 41.8 Å². The van der Waals surface area contributed by atoms with Crippen LogP contribution in [0.4, 0.5) is 17.6 Å². The number of nitrogens with zero attached hydrogens (tertiary/aromatic N) is 3. The quantitative estimate of drug-likeness (QED) is 0.115. The molecule has 4 unspecified atom stereocenters. The van der Waals surface area contributed by atoms with Crippen LogP contribution in [-0.2, 0) is 19.2 Å². The lowest BCUT2D eigenvalue weighted by molar-refractivity contribution is -0.142. The van der Waals surface area contributed by atoms with E-state index in [0.717, 1.165) is 72.6 Å². The standard InChI is InChI=1S/C30H38ClF2N3O2.C15H21ClN2O.C15H19F2NO2.2ClH/c1-18(34-19(2)37)25-14-21(31)6-8-23(25)20-10-12-35(13-11-20)29(38)27-17-36(30(3,4)5)16-26(27)24-9-7-22(32)15-28(24)33;1-10(18-11(2)19)15-9-13(16)3-4-14(15)12-5-7-17-8-6-12;1-15(2,3)18-7-11(12(8-18)14(19)20)10-5-4-9(16)6-13(10)17;;/h6-9,14-15,18,20,26-27H,10-13,16-17H2,1-5H3,(H,34,37);3-4,9-10,12,17H,5-8H2,1-2H3,(H,18,19);4-6,11-12H,7-8H2,1-3H3,(H,19,20);2*1H/t18?,26-,27?;;11-,12?;;/m0.0../s1. The average Bonchev–Trinajstić information content (AvgIpc) is 4.11. The molecule has 8 rings (SSSR count). The molecule has 4 aromatic carbocycles. The first-order valence-corrected chi connectivity index (χ1v) is 27.6. The number of hydrogen-bond donors (Lipinski definition) is 4. The van der Waals surface area contributed by atoms with Crippen LogP contribution in [0.15, 0.2) is 72.8 Å². The number of rotatable bonds is 10. The lowest BCUT2D eigenvalue weighted by Gasteiger charge is -2.36. The summed E-state index contributed by atoms with van der Waals surface area (Å²) in [6.07, 6.45) is 3.86. The minimum absolute atomic E-state index is 0. The fourth-order valence-electron chi connectivity index (χ4n) is 11.6. The number of hydrogen-bond acceptors (Lipinski definition) is 7. The fourth-order valence-corrected chi connectivity index (χ4v) is 11.9. The monoisotopic (exact) mass is 1180 g/mol. The normalized spacial score (nSPS) is 21.0. The Hall–Kier alpha value is -4.48. The number of halogens is 8. The second-order valence-corrected chi connectivity index (χ2v) is 24.1. The van der Waals surface area contributed by atoms with Gasteiger partial charge in [-0.3, -0.25) is 29.0 Å². The van der Waals surface area contributed by atoms with Gasteiger partial charge in [0.1, 0.15) is 23.3 Å². The largest absolute Gasteiger partial charge is 0.481 e. The second-order valence-electron chi connectivity index (χ2n) is 23.3. The topological polar surface area (TPSA) is 134 Å². The van der Waals surface area contributed by atoms with Crippen molar-refractivity contribution in [1.29, 1.82) is 0 Å². The van der Waals surface area contributed by atoms with Crippen LogP contribution in [0.5, 0.6) is 0 Å². The summed E-state index contributed by atoms with van der Waals surface area (Å²) in [5.74, 6) is -4.59. The van der Waals surface area contributed by atoms with E-state index in [-0.39, 0.29) is 83.1 Å². The molecule has 6 atom stereocenters. The molecular formula is C60H80Cl4F4N6O5. The van der Waals surface area contributed by atoms with Crippen molar-refractivity contribution in [2.24, 2.45) is 11.8 Å². The summed E-state index contributed by atoms with van der Waals surface area (Å²) in [5.41, 5.74) is 4.96. The minimum Gasteiger partial charge on any atom is -0.481 e. The first-order chi connectivity index (χ1) is 36.1. The number of benzene rings is 4. The van der Waals surface area contributed by atoms with E-state index in [2.05, 4.69) is 47.7 Å². The highest BCUT2D eigenvalue weighted by molar-refractivity contribution is 6.31. The van der Waals surface area contributed by atoms with E-state index in [1.807, 2.05) is 74.8 Å². The van der Waals surface area contributed by atoms with Crippen molar-refractivity contribution in [2.75, 3.05) is 52.4 Å². The van der Waals surface area contributed by atoms with Crippen molar-refractivity contribution in [3.05, 3.63) is 139 Å². The SMILES string of the molecule is CC(=O)NC(C)c1cc(Cl)ccc1C1CCN(C(=O)C2CN(C(C)(C)C)C[C@H]2c2ccc(F)cc2F)CC1.CC(=O)NC(C)c1cc(Cl)ccc1C1CCNCC1.CC(C)(C)N1CC(C(=O)O)[C@H](c2ccc(F)cc2F)C1.Cl.Cl. The third kappa shape index (κ3) is 17.8. The number of carboxylic acid groups (broad SMARTS) is 1. The van der Waals surface area contributed by atoms with E-state index < -0.39 is 47.0 Å². The summed E-state index contributed by atoms with van der Waals surface area (Å²) in [7, 11) is 0. The number of carboxylic acids is 1. The second kappa shape index (κ2) is 29.0. The summed E-state index contributed by atoms with van der Waals surface area (Å²) >= 11 is 12.4. The van der Waals surface area contributed by atoms with Gasteiger partial charge in [-0.1, -0.05) is 47.5 Å². The molecule has 79 heavy (non-hydrogen) atoms. The molecule has 0 spiro atoms. The van der Waals surface area contributed by atoms with Gasteiger partial charge >= 0.3 is 5.97 Å². The molecule has 436 valence electrons. The highest BCUT2D eigenvalue weighted by atomic mass is 35.5. The van der Waals surface area contributed by atoms with E-state index in [9.17, 15) is 41.8 Å². The molecule has 0 radical (unpaired) electrons. The van der Waals surface area contributed by atoms with Gasteiger partial charge in [0.15, 0.2) is 0 Å². The Kier molecular flexibility index (Phi) is 24.6. The molecule has 19 heteroatoms. The molecule has 4 heterocycles. The van der Waals surface area contributed by atoms with Crippen molar-refractivity contribution >= 4 is 71.7 Å². The average molecular weight is 1180 g/mol. The third-order valence-electron chi connectivity index (χ3n) is 15.8. The number of likely N-dealkylation sites (tertiary alicyclic amines) is 3. The molecule has 3 amide bonds. The minimum atomic E-state index is -0.939. The Morgan fingerprint density at radius 3 is 1.34 bits per heavy atom. The van der Waals surface area contributed by atoms with Crippen molar-refractivity contribution in [3.63, 3.8) is 0 Å². The molecular weight excluding hydrogens is 1100 g/mol. The van der Waals surface area contributed by atoms with Gasteiger partial charge in [0.2, 0.25) is 17.7 Å². The molecule has 0 aliphatic carbocycles. The molecule has 0 aromatic heterocycles. The van der Waals surface area contributed by atoms with Gasteiger partial charge in [-0.2, -0.15) is 0 Å². The van der Waals surface area contributed by atoms with Gasteiger partial charge in [-0.25, -0.2) is 17.6 Å². The van der Waals surface area contributed by atoms with Crippen LogP contribution in [0.25, 0.3) is 0 Å². The number of aliphatic carboxylic acids is 1. The smallest absolute Gasteiger partial charge is 0.308 e. The zero-order valence-corrected chi connectivity index (χ0v) is 50.2.